The van der Waals surface area contributed by atoms with Crippen LogP contribution in [0.1, 0.15) is 30.1 Å². The van der Waals surface area contributed by atoms with Crippen molar-refractivity contribution < 1.29 is 9.90 Å². The monoisotopic (exact) mass is 274 g/mol. The molecule has 106 valence electrons. The van der Waals surface area contributed by atoms with E-state index in [0.29, 0.717) is 25.1 Å². The number of aliphatic hydroxyl groups excluding tert-OH is 1. The van der Waals surface area contributed by atoms with E-state index >= 15 is 0 Å². The SMILES string of the molecule is CCC1CN(C(=O)c2cnn3ccncc23)CCC1O. The normalized spacial score (nSPS) is 23.2. The number of carbonyl (C=O) groups is 1. The van der Waals surface area contributed by atoms with Gasteiger partial charge in [0.05, 0.1) is 29.6 Å². The van der Waals surface area contributed by atoms with E-state index in [4.69, 9.17) is 0 Å². The number of piperidine rings is 1. The first-order valence-corrected chi connectivity index (χ1v) is 6.95. The molecular weight excluding hydrogens is 256 g/mol. The number of fused-ring (bicyclic) bond motifs is 1. The van der Waals surface area contributed by atoms with Crippen molar-refractivity contribution >= 4 is 11.4 Å². The van der Waals surface area contributed by atoms with Crippen LogP contribution in [-0.4, -0.2) is 49.7 Å². The molecule has 1 amide bonds. The quantitative estimate of drug-likeness (QED) is 0.885. The molecule has 1 saturated heterocycles. The van der Waals surface area contributed by atoms with E-state index in [1.54, 1.807) is 29.3 Å². The van der Waals surface area contributed by atoms with Gasteiger partial charge in [-0.2, -0.15) is 5.10 Å². The maximum absolute atomic E-state index is 12.6. The van der Waals surface area contributed by atoms with Gasteiger partial charge in [0.2, 0.25) is 0 Å². The summed E-state index contributed by atoms with van der Waals surface area (Å²) in [6, 6.07) is 0. The van der Waals surface area contributed by atoms with Crippen molar-refractivity contribution in [3.63, 3.8) is 0 Å². The molecule has 1 aliphatic rings. The van der Waals surface area contributed by atoms with E-state index in [-0.39, 0.29) is 17.9 Å². The second-order valence-corrected chi connectivity index (χ2v) is 5.24. The number of carbonyl (C=O) groups excluding carboxylic acids is 1. The molecule has 3 rings (SSSR count). The lowest BCUT2D eigenvalue weighted by atomic mass is 9.92. The van der Waals surface area contributed by atoms with Gasteiger partial charge in [-0.3, -0.25) is 9.78 Å². The molecule has 6 heteroatoms. The van der Waals surface area contributed by atoms with E-state index in [0.717, 1.165) is 11.9 Å². The van der Waals surface area contributed by atoms with E-state index in [2.05, 4.69) is 10.1 Å². The molecule has 6 nitrogen and oxygen atoms in total. The van der Waals surface area contributed by atoms with Crippen LogP contribution in [0.4, 0.5) is 0 Å². The summed E-state index contributed by atoms with van der Waals surface area (Å²) < 4.78 is 1.65. The molecule has 2 aromatic rings. The second kappa shape index (κ2) is 5.20. The fourth-order valence-electron chi connectivity index (χ4n) is 2.78. The predicted molar refractivity (Wildman–Crippen MR) is 73.3 cm³/mol. The van der Waals surface area contributed by atoms with Gasteiger partial charge in [-0.05, 0) is 12.8 Å². The number of likely N-dealkylation sites (tertiary alicyclic amines) is 1. The summed E-state index contributed by atoms with van der Waals surface area (Å²) in [4.78, 5) is 18.5. The van der Waals surface area contributed by atoms with Crippen LogP contribution in [0.15, 0.2) is 24.8 Å². The Labute approximate surface area is 117 Å². The van der Waals surface area contributed by atoms with Gasteiger partial charge in [-0.15, -0.1) is 0 Å². The van der Waals surface area contributed by atoms with Crippen LogP contribution in [0.5, 0.6) is 0 Å². The van der Waals surface area contributed by atoms with Gasteiger partial charge in [0.1, 0.15) is 0 Å². The molecule has 3 heterocycles. The van der Waals surface area contributed by atoms with Gasteiger partial charge >= 0.3 is 0 Å². The molecule has 0 bridgehead atoms. The number of hydrogen-bond acceptors (Lipinski definition) is 4. The third-order valence-corrected chi connectivity index (χ3v) is 4.06. The first kappa shape index (κ1) is 13.1. The van der Waals surface area contributed by atoms with Crippen LogP contribution in [-0.2, 0) is 0 Å². The zero-order chi connectivity index (χ0) is 14.1. The average molecular weight is 274 g/mol. The number of rotatable bonds is 2. The Kier molecular flexibility index (Phi) is 3.40. The summed E-state index contributed by atoms with van der Waals surface area (Å²) in [7, 11) is 0. The molecule has 2 atom stereocenters. The fraction of sp³-hybridized carbons (Fsp3) is 0.500. The van der Waals surface area contributed by atoms with Crippen molar-refractivity contribution in [1.29, 1.82) is 0 Å². The van der Waals surface area contributed by atoms with Crippen LogP contribution in [0.2, 0.25) is 0 Å². The summed E-state index contributed by atoms with van der Waals surface area (Å²) in [5.74, 6) is 0.131. The predicted octanol–water partition coefficient (Wildman–Crippen LogP) is 0.962. The third-order valence-electron chi connectivity index (χ3n) is 4.06. The lowest BCUT2D eigenvalue weighted by Gasteiger charge is -2.35. The lowest BCUT2D eigenvalue weighted by molar-refractivity contribution is 0.0230. The molecule has 20 heavy (non-hydrogen) atoms. The summed E-state index contributed by atoms with van der Waals surface area (Å²) in [5.41, 5.74) is 1.29. The number of amides is 1. The maximum atomic E-state index is 12.6. The van der Waals surface area contributed by atoms with Crippen molar-refractivity contribution in [1.82, 2.24) is 19.5 Å². The van der Waals surface area contributed by atoms with Gasteiger partial charge in [0.25, 0.3) is 5.91 Å². The third kappa shape index (κ3) is 2.16. The van der Waals surface area contributed by atoms with Gasteiger partial charge in [0, 0.05) is 31.4 Å². The zero-order valence-electron chi connectivity index (χ0n) is 11.4. The summed E-state index contributed by atoms with van der Waals surface area (Å²) in [6.45, 7) is 3.24. The van der Waals surface area contributed by atoms with Gasteiger partial charge in [-0.25, -0.2) is 4.52 Å². The Morgan fingerprint density at radius 1 is 1.50 bits per heavy atom. The van der Waals surface area contributed by atoms with E-state index in [1.807, 2.05) is 11.8 Å². The molecular formula is C14H18N4O2. The minimum Gasteiger partial charge on any atom is -0.393 e. The summed E-state index contributed by atoms with van der Waals surface area (Å²) in [6.07, 6.45) is 7.82. The van der Waals surface area contributed by atoms with Crippen molar-refractivity contribution in [3.8, 4) is 0 Å². The van der Waals surface area contributed by atoms with Crippen LogP contribution in [0.3, 0.4) is 0 Å². The molecule has 0 aliphatic carbocycles. The van der Waals surface area contributed by atoms with E-state index in [9.17, 15) is 9.90 Å². The molecule has 0 radical (unpaired) electrons. The minimum absolute atomic E-state index is 0.0293. The Hall–Kier alpha value is -1.95. The van der Waals surface area contributed by atoms with Crippen molar-refractivity contribution in [3.05, 3.63) is 30.4 Å². The molecule has 1 N–H and O–H groups in total. The van der Waals surface area contributed by atoms with Gasteiger partial charge in [0.15, 0.2) is 0 Å². The van der Waals surface area contributed by atoms with Crippen molar-refractivity contribution in [2.45, 2.75) is 25.9 Å². The summed E-state index contributed by atoms with van der Waals surface area (Å²) in [5, 5.41) is 14.1. The van der Waals surface area contributed by atoms with Crippen molar-refractivity contribution in [2.24, 2.45) is 5.92 Å². The topological polar surface area (TPSA) is 70.7 Å². The van der Waals surface area contributed by atoms with Crippen LogP contribution < -0.4 is 0 Å². The van der Waals surface area contributed by atoms with Gasteiger partial charge in [-0.1, -0.05) is 6.92 Å². The molecule has 2 unspecified atom stereocenters. The lowest BCUT2D eigenvalue weighted by Crippen LogP contribution is -2.45. The summed E-state index contributed by atoms with van der Waals surface area (Å²) >= 11 is 0. The van der Waals surface area contributed by atoms with Gasteiger partial charge < -0.3 is 10.0 Å². The molecule has 2 aromatic heterocycles. The highest BCUT2D eigenvalue weighted by Crippen LogP contribution is 2.22. The minimum atomic E-state index is -0.297. The van der Waals surface area contributed by atoms with E-state index in [1.165, 1.54) is 0 Å². The number of nitrogens with zero attached hydrogens (tertiary/aromatic N) is 4. The van der Waals surface area contributed by atoms with E-state index < -0.39 is 0 Å². The van der Waals surface area contributed by atoms with Crippen LogP contribution in [0, 0.1) is 5.92 Å². The Balaban J connectivity index is 1.85. The molecule has 0 aromatic carbocycles. The Morgan fingerprint density at radius 2 is 2.35 bits per heavy atom. The van der Waals surface area contributed by atoms with Crippen molar-refractivity contribution in [2.75, 3.05) is 13.1 Å². The smallest absolute Gasteiger partial charge is 0.257 e. The number of hydrogen-bond donors (Lipinski definition) is 1. The first-order valence-electron chi connectivity index (χ1n) is 6.95. The fourth-order valence-corrected chi connectivity index (χ4v) is 2.78. The van der Waals surface area contributed by atoms with Crippen LogP contribution >= 0.6 is 0 Å². The second-order valence-electron chi connectivity index (χ2n) is 5.24. The first-order chi connectivity index (χ1) is 9.70. The highest BCUT2D eigenvalue weighted by molar-refractivity contribution is 6.00. The molecule has 0 spiro atoms. The number of aromatic nitrogens is 3. The Bertz CT molecular complexity index is 624. The Morgan fingerprint density at radius 3 is 3.15 bits per heavy atom. The average Bonchev–Trinajstić information content (AvgIpc) is 2.91. The van der Waals surface area contributed by atoms with Crippen LogP contribution in [0.25, 0.3) is 5.52 Å². The standard InChI is InChI=1S/C14H18N4O2/c1-2-10-9-17(5-3-13(10)19)14(20)11-7-16-18-6-4-15-8-12(11)18/h4,6-8,10,13,19H,2-3,5,9H2,1H3. The largest absolute Gasteiger partial charge is 0.393 e. The molecule has 1 fully saturated rings. The maximum Gasteiger partial charge on any atom is 0.257 e. The highest BCUT2D eigenvalue weighted by Gasteiger charge is 2.30. The molecule has 0 saturated carbocycles. The molecule has 1 aliphatic heterocycles. The number of aliphatic hydroxyl groups is 1. The highest BCUT2D eigenvalue weighted by atomic mass is 16.3. The zero-order valence-corrected chi connectivity index (χ0v) is 11.4.